The second kappa shape index (κ2) is 16.5. The summed E-state index contributed by atoms with van der Waals surface area (Å²) in [5, 5.41) is 0. The molecule has 0 aliphatic heterocycles. The molecule has 2 amide bonds. The quantitative estimate of drug-likeness (QED) is 0.266. The number of anilines is 1. The average molecular weight is 432 g/mol. The minimum Gasteiger partial charge on any atom is -0.380 e. The molecule has 0 saturated carbocycles. The van der Waals surface area contributed by atoms with Crippen LogP contribution >= 0.6 is 0 Å². The molecule has 31 heavy (non-hydrogen) atoms. The number of carbonyl (C=O) groups excluding carboxylic acids is 3. The molecule has 7 heteroatoms. The van der Waals surface area contributed by atoms with Crippen molar-refractivity contribution in [3.63, 3.8) is 0 Å². The van der Waals surface area contributed by atoms with Crippen LogP contribution in [-0.4, -0.2) is 63.0 Å². The van der Waals surface area contributed by atoms with Crippen LogP contribution in [0.25, 0.3) is 0 Å². The predicted octanol–water partition coefficient (Wildman–Crippen LogP) is 4.21. The molecule has 0 fully saturated rings. The highest BCUT2D eigenvalue weighted by atomic mass is 16.5. The van der Waals surface area contributed by atoms with Crippen LogP contribution in [0.2, 0.25) is 13.1 Å². The zero-order valence-corrected chi connectivity index (χ0v) is 20.5. The van der Waals surface area contributed by atoms with E-state index >= 15 is 0 Å². The van der Waals surface area contributed by atoms with Crippen LogP contribution in [-0.2, 0) is 19.1 Å². The number of carbonyl (C=O) groups is 3. The van der Waals surface area contributed by atoms with Crippen LogP contribution in [0.1, 0.15) is 47.0 Å². The molecule has 0 atom stereocenters. The lowest BCUT2D eigenvalue weighted by atomic mass is 9.45. The van der Waals surface area contributed by atoms with Gasteiger partial charge in [-0.05, 0) is 30.9 Å². The maximum absolute atomic E-state index is 12.3. The predicted molar refractivity (Wildman–Crippen MR) is 130 cm³/mol. The number of hydrogen-bond acceptors (Lipinski definition) is 4. The maximum atomic E-state index is 12.3. The van der Waals surface area contributed by atoms with Gasteiger partial charge in [0.05, 0.1) is 12.3 Å². The van der Waals surface area contributed by atoms with Gasteiger partial charge in [-0.2, -0.15) is 0 Å². The third-order valence-electron chi connectivity index (χ3n) is 4.90. The molecule has 1 aromatic carbocycles. The molecule has 0 unspecified atom stereocenters. The zero-order valence-electron chi connectivity index (χ0n) is 20.5. The molecule has 0 N–H and O–H groups in total. The Labute approximate surface area is 189 Å². The van der Waals surface area contributed by atoms with E-state index in [0.29, 0.717) is 37.8 Å². The SMILES string of the molecule is CB(CCCOCCN(C)C(=O)CC(=O)N(C)c1ccccc1)C(=O)CC(C)C.CC. The molecule has 174 valence electrons. The monoisotopic (exact) mass is 432 g/mol. The van der Waals surface area contributed by atoms with Crippen molar-refractivity contribution >= 4 is 29.9 Å². The Bertz CT molecular complexity index is 652. The van der Waals surface area contributed by atoms with Crippen LogP contribution < -0.4 is 4.90 Å². The van der Waals surface area contributed by atoms with E-state index in [-0.39, 0.29) is 24.9 Å². The Balaban J connectivity index is 0.00000436. The Morgan fingerprint density at radius 2 is 1.61 bits per heavy atom. The number of ether oxygens (including phenoxy) is 1. The topological polar surface area (TPSA) is 66.9 Å². The number of nitrogens with zero attached hydrogens (tertiary/aromatic N) is 2. The molecule has 1 rings (SSSR count). The average Bonchev–Trinajstić information content (AvgIpc) is 2.76. The number of rotatable bonds is 13. The van der Waals surface area contributed by atoms with Crippen molar-refractivity contribution in [3.05, 3.63) is 30.3 Å². The minimum atomic E-state index is -0.242. The van der Waals surface area contributed by atoms with Crippen molar-refractivity contribution in [2.45, 2.75) is 60.1 Å². The molecule has 0 aliphatic carbocycles. The van der Waals surface area contributed by atoms with Gasteiger partial charge in [-0.3, -0.25) is 9.59 Å². The minimum absolute atomic E-state index is 0.0675. The maximum Gasteiger partial charge on any atom is 0.236 e. The third-order valence-corrected chi connectivity index (χ3v) is 4.90. The highest BCUT2D eigenvalue weighted by molar-refractivity contribution is 6.89. The van der Waals surface area contributed by atoms with Gasteiger partial charge < -0.3 is 19.3 Å². The molecule has 6 nitrogen and oxygen atoms in total. The number of likely N-dealkylation sites (N-methyl/N-ethyl adjacent to an activating group) is 1. The Hall–Kier alpha value is -2.15. The van der Waals surface area contributed by atoms with Gasteiger partial charge in [0.2, 0.25) is 18.5 Å². The van der Waals surface area contributed by atoms with E-state index in [2.05, 4.69) is 13.8 Å². The van der Waals surface area contributed by atoms with Crippen molar-refractivity contribution in [1.82, 2.24) is 4.90 Å². The first-order valence-electron chi connectivity index (χ1n) is 11.4. The molecular formula is C24H41BN2O4. The fourth-order valence-electron chi connectivity index (χ4n) is 2.86. The fourth-order valence-corrected chi connectivity index (χ4v) is 2.86. The molecule has 0 bridgehead atoms. The number of benzene rings is 1. The molecule has 0 spiro atoms. The van der Waals surface area contributed by atoms with Crippen LogP contribution in [0.15, 0.2) is 30.3 Å². The highest BCUT2D eigenvalue weighted by Gasteiger charge is 2.19. The van der Waals surface area contributed by atoms with Crippen LogP contribution in [0.4, 0.5) is 5.69 Å². The summed E-state index contributed by atoms with van der Waals surface area (Å²) in [6.07, 6.45) is 2.11. The molecule has 0 aliphatic rings. The van der Waals surface area contributed by atoms with Crippen LogP contribution in [0.3, 0.4) is 0 Å². The van der Waals surface area contributed by atoms with Gasteiger partial charge in [0, 0.05) is 32.9 Å². The van der Waals surface area contributed by atoms with Gasteiger partial charge in [-0.1, -0.05) is 59.0 Å². The molecule has 0 heterocycles. The smallest absolute Gasteiger partial charge is 0.236 e. The standard InChI is InChI=1S/C22H35BN2O4.C2H6/c1-18(2)16-20(26)23(3)12-9-14-29-15-13-24(4)21(27)17-22(28)25(5)19-10-7-6-8-11-19;1-2/h6-8,10-11,18H,9,12-17H2,1-5H3;1-2H3. The van der Waals surface area contributed by atoms with Crippen molar-refractivity contribution in [2.75, 3.05) is 38.8 Å². The molecular weight excluding hydrogens is 391 g/mol. The van der Waals surface area contributed by atoms with E-state index in [0.717, 1.165) is 18.4 Å². The van der Waals surface area contributed by atoms with E-state index in [1.807, 2.05) is 51.0 Å². The van der Waals surface area contributed by atoms with Gasteiger partial charge in [0.15, 0.2) is 0 Å². The first-order valence-corrected chi connectivity index (χ1v) is 11.4. The van der Waals surface area contributed by atoms with E-state index in [9.17, 15) is 14.4 Å². The van der Waals surface area contributed by atoms with Crippen molar-refractivity contribution in [2.24, 2.45) is 5.92 Å². The van der Waals surface area contributed by atoms with E-state index in [1.165, 1.54) is 9.80 Å². The second-order valence-electron chi connectivity index (χ2n) is 8.00. The summed E-state index contributed by atoms with van der Waals surface area (Å²) in [6.45, 7) is 11.6. The van der Waals surface area contributed by atoms with Gasteiger partial charge >= 0.3 is 0 Å². The lowest BCUT2D eigenvalue weighted by Crippen LogP contribution is -2.36. The number of para-hydroxylation sites is 1. The first kappa shape index (κ1) is 28.9. The molecule has 0 aromatic heterocycles. The van der Waals surface area contributed by atoms with Crippen molar-refractivity contribution in [3.8, 4) is 0 Å². The fraction of sp³-hybridized carbons (Fsp3) is 0.625. The normalized spacial score (nSPS) is 10.2. The van der Waals surface area contributed by atoms with Gasteiger partial charge in [0.25, 0.3) is 0 Å². The molecule has 0 saturated heterocycles. The van der Waals surface area contributed by atoms with E-state index < -0.39 is 0 Å². The zero-order chi connectivity index (χ0) is 23.8. The van der Waals surface area contributed by atoms with Gasteiger partial charge in [0.1, 0.15) is 6.42 Å². The van der Waals surface area contributed by atoms with Crippen molar-refractivity contribution in [1.29, 1.82) is 0 Å². The summed E-state index contributed by atoms with van der Waals surface area (Å²) in [6, 6.07) is 9.25. The summed E-state index contributed by atoms with van der Waals surface area (Å²) in [7, 11) is 3.34. The number of amides is 2. The summed E-state index contributed by atoms with van der Waals surface area (Å²) < 4.78 is 5.59. The Kier molecular flexibility index (Phi) is 15.4. The summed E-state index contributed by atoms with van der Waals surface area (Å²) in [4.78, 5) is 39.5. The summed E-state index contributed by atoms with van der Waals surface area (Å²) >= 11 is 0. The molecule has 0 radical (unpaired) electrons. The van der Waals surface area contributed by atoms with E-state index in [1.54, 1.807) is 14.1 Å². The molecule has 1 aromatic rings. The van der Waals surface area contributed by atoms with Gasteiger partial charge in [-0.15, -0.1) is 0 Å². The van der Waals surface area contributed by atoms with Crippen molar-refractivity contribution < 1.29 is 19.1 Å². The summed E-state index contributed by atoms with van der Waals surface area (Å²) in [5.74, 6) is -0.0723. The van der Waals surface area contributed by atoms with E-state index in [4.69, 9.17) is 4.74 Å². The van der Waals surface area contributed by atoms with Crippen LogP contribution in [0.5, 0.6) is 0 Å². The second-order valence-corrected chi connectivity index (χ2v) is 8.00. The van der Waals surface area contributed by atoms with Crippen LogP contribution in [0, 0.1) is 5.92 Å². The summed E-state index contributed by atoms with van der Waals surface area (Å²) in [5.41, 5.74) is 1.08. The Morgan fingerprint density at radius 3 is 2.19 bits per heavy atom. The lowest BCUT2D eigenvalue weighted by Gasteiger charge is -2.20. The highest BCUT2D eigenvalue weighted by Crippen LogP contribution is 2.12. The third kappa shape index (κ3) is 12.3. The Morgan fingerprint density at radius 1 is 1.00 bits per heavy atom. The lowest BCUT2D eigenvalue weighted by molar-refractivity contribution is -0.134. The van der Waals surface area contributed by atoms with Gasteiger partial charge in [-0.25, -0.2) is 0 Å². The largest absolute Gasteiger partial charge is 0.380 e. The first-order chi connectivity index (χ1) is 14.7. The number of hydrogen-bond donors (Lipinski definition) is 0.